The molecule has 1 fully saturated rings. The first-order valence-corrected chi connectivity index (χ1v) is 7.07. The Kier molecular flexibility index (Phi) is 5.42. The maximum atomic E-state index is 11.9. The van der Waals surface area contributed by atoms with Gasteiger partial charge in [0.25, 0.3) is 0 Å². The fourth-order valence-corrected chi connectivity index (χ4v) is 2.24. The van der Waals surface area contributed by atoms with E-state index in [1.165, 1.54) is 6.42 Å². The van der Waals surface area contributed by atoms with Crippen LogP contribution in [0.25, 0.3) is 6.08 Å². The first-order valence-electron chi connectivity index (χ1n) is 7.07. The highest BCUT2D eigenvalue weighted by Gasteiger charge is 2.12. The number of methoxy groups -OCH3 is 1. The van der Waals surface area contributed by atoms with Crippen LogP contribution in [0.3, 0.4) is 0 Å². The molecule has 1 aliphatic rings. The standard InChI is InChI=1S/C17H21NO2/c1-20-16-11-9-15(10-12-16)7-3-4-8-17(19)18-13-5-2-6-14-18/h3-4,7-12H,2,5-6,13-14H2,1H3/b7-3+,8-4+. The van der Waals surface area contributed by atoms with Gasteiger partial charge in [-0.05, 0) is 37.0 Å². The van der Waals surface area contributed by atoms with Crippen molar-refractivity contribution in [3.63, 3.8) is 0 Å². The average molecular weight is 271 g/mol. The van der Waals surface area contributed by atoms with Gasteiger partial charge in [0.05, 0.1) is 7.11 Å². The van der Waals surface area contributed by atoms with E-state index in [1.54, 1.807) is 19.3 Å². The summed E-state index contributed by atoms with van der Waals surface area (Å²) in [5.74, 6) is 0.960. The van der Waals surface area contributed by atoms with Crippen LogP contribution in [0.15, 0.2) is 42.5 Å². The summed E-state index contributed by atoms with van der Waals surface area (Å²) >= 11 is 0. The van der Waals surface area contributed by atoms with Gasteiger partial charge in [-0.25, -0.2) is 0 Å². The van der Waals surface area contributed by atoms with E-state index in [2.05, 4.69) is 0 Å². The van der Waals surface area contributed by atoms with Crippen LogP contribution >= 0.6 is 0 Å². The summed E-state index contributed by atoms with van der Waals surface area (Å²) in [5.41, 5.74) is 1.08. The molecule has 3 nitrogen and oxygen atoms in total. The van der Waals surface area contributed by atoms with Crippen molar-refractivity contribution in [2.75, 3.05) is 20.2 Å². The van der Waals surface area contributed by atoms with Crippen LogP contribution in [0.2, 0.25) is 0 Å². The number of carbonyl (C=O) groups is 1. The Morgan fingerprint density at radius 3 is 2.45 bits per heavy atom. The van der Waals surface area contributed by atoms with Crippen molar-refractivity contribution >= 4 is 12.0 Å². The number of allylic oxidation sites excluding steroid dienone is 2. The van der Waals surface area contributed by atoms with Crippen molar-refractivity contribution in [1.82, 2.24) is 4.90 Å². The third-order valence-corrected chi connectivity index (χ3v) is 3.42. The summed E-state index contributed by atoms with van der Waals surface area (Å²) in [6.45, 7) is 1.79. The minimum absolute atomic E-state index is 0.115. The lowest BCUT2D eigenvalue weighted by Gasteiger charge is -2.25. The number of likely N-dealkylation sites (tertiary alicyclic amines) is 1. The monoisotopic (exact) mass is 271 g/mol. The molecule has 0 saturated carbocycles. The third-order valence-electron chi connectivity index (χ3n) is 3.42. The van der Waals surface area contributed by atoms with Gasteiger partial charge in [-0.15, -0.1) is 0 Å². The lowest BCUT2D eigenvalue weighted by molar-refractivity contribution is -0.126. The van der Waals surface area contributed by atoms with E-state index in [0.717, 1.165) is 37.2 Å². The Morgan fingerprint density at radius 1 is 1.10 bits per heavy atom. The van der Waals surface area contributed by atoms with Crippen LogP contribution in [0, 0.1) is 0 Å². The van der Waals surface area contributed by atoms with Gasteiger partial charge in [-0.2, -0.15) is 0 Å². The number of benzene rings is 1. The van der Waals surface area contributed by atoms with Crippen molar-refractivity contribution in [3.8, 4) is 5.75 Å². The van der Waals surface area contributed by atoms with Crippen LogP contribution in [-0.4, -0.2) is 31.0 Å². The lowest BCUT2D eigenvalue weighted by atomic mass is 10.1. The van der Waals surface area contributed by atoms with E-state index in [-0.39, 0.29) is 5.91 Å². The number of rotatable bonds is 4. The SMILES string of the molecule is COc1ccc(/C=C/C=C/C(=O)N2CCCCC2)cc1. The van der Waals surface area contributed by atoms with Crippen molar-refractivity contribution in [2.24, 2.45) is 0 Å². The molecule has 3 heteroatoms. The highest BCUT2D eigenvalue weighted by Crippen LogP contribution is 2.12. The predicted octanol–water partition coefficient (Wildman–Crippen LogP) is 3.28. The molecule has 1 saturated heterocycles. The zero-order chi connectivity index (χ0) is 14.2. The van der Waals surface area contributed by atoms with Crippen molar-refractivity contribution in [2.45, 2.75) is 19.3 Å². The summed E-state index contributed by atoms with van der Waals surface area (Å²) in [5, 5.41) is 0. The molecular weight excluding hydrogens is 250 g/mol. The molecule has 1 heterocycles. The summed E-state index contributed by atoms with van der Waals surface area (Å²) in [6.07, 6.45) is 10.8. The quantitative estimate of drug-likeness (QED) is 0.621. The Hall–Kier alpha value is -2.03. The molecule has 0 unspecified atom stereocenters. The van der Waals surface area contributed by atoms with Gasteiger partial charge in [0.1, 0.15) is 5.75 Å². The molecule has 0 aromatic heterocycles. The zero-order valence-electron chi connectivity index (χ0n) is 11.9. The predicted molar refractivity (Wildman–Crippen MR) is 81.6 cm³/mol. The number of carbonyl (C=O) groups excluding carboxylic acids is 1. The van der Waals surface area contributed by atoms with Gasteiger partial charge in [-0.1, -0.05) is 30.4 Å². The first-order chi connectivity index (χ1) is 9.79. The molecule has 0 aliphatic carbocycles. The second-order valence-corrected chi connectivity index (χ2v) is 4.88. The highest BCUT2D eigenvalue weighted by molar-refractivity contribution is 5.88. The topological polar surface area (TPSA) is 29.5 Å². The van der Waals surface area contributed by atoms with E-state index in [9.17, 15) is 4.79 Å². The normalized spacial score (nSPS) is 15.9. The summed E-state index contributed by atoms with van der Waals surface area (Å²) < 4.78 is 5.11. The fraction of sp³-hybridized carbons (Fsp3) is 0.353. The second-order valence-electron chi connectivity index (χ2n) is 4.88. The van der Waals surface area contributed by atoms with E-state index in [0.29, 0.717) is 0 Å². The van der Waals surface area contributed by atoms with Gasteiger partial charge >= 0.3 is 0 Å². The Bertz CT molecular complexity index is 482. The molecule has 2 rings (SSSR count). The average Bonchev–Trinajstić information content (AvgIpc) is 2.53. The molecule has 20 heavy (non-hydrogen) atoms. The number of hydrogen-bond donors (Lipinski definition) is 0. The number of ether oxygens (including phenoxy) is 1. The molecule has 0 atom stereocenters. The maximum Gasteiger partial charge on any atom is 0.246 e. The maximum absolute atomic E-state index is 11.9. The van der Waals surface area contributed by atoms with Gasteiger partial charge in [0.15, 0.2) is 0 Å². The number of piperidine rings is 1. The highest BCUT2D eigenvalue weighted by atomic mass is 16.5. The van der Waals surface area contributed by atoms with Gasteiger partial charge in [0, 0.05) is 19.2 Å². The minimum Gasteiger partial charge on any atom is -0.497 e. The van der Waals surface area contributed by atoms with Gasteiger partial charge in [-0.3, -0.25) is 4.79 Å². The van der Waals surface area contributed by atoms with Crippen molar-refractivity contribution in [1.29, 1.82) is 0 Å². The minimum atomic E-state index is 0.115. The molecule has 0 spiro atoms. The van der Waals surface area contributed by atoms with E-state index < -0.39 is 0 Å². The molecule has 0 bridgehead atoms. The Labute approximate surface area is 120 Å². The van der Waals surface area contributed by atoms with Crippen LogP contribution in [0.4, 0.5) is 0 Å². The molecule has 1 aromatic carbocycles. The lowest BCUT2D eigenvalue weighted by Crippen LogP contribution is -2.34. The van der Waals surface area contributed by atoms with Crippen LogP contribution in [0.5, 0.6) is 5.75 Å². The molecule has 0 N–H and O–H groups in total. The number of hydrogen-bond acceptors (Lipinski definition) is 2. The number of nitrogens with zero attached hydrogens (tertiary/aromatic N) is 1. The summed E-state index contributed by atoms with van der Waals surface area (Å²) in [6, 6.07) is 7.80. The smallest absolute Gasteiger partial charge is 0.246 e. The summed E-state index contributed by atoms with van der Waals surface area (Å²) in [7, 11) is 1.65. The molecule has 1 aromatic rings. The van der Waals surface area contributed by atoms with E-state index in [1.807, 2.05) is 41.3 Å². The van der Waals surface area contributed by atoms with Crippen LogP contribution < -0.4 is 4.74 Å². The largest absolute Gasteiger partial charge is 0.497 e. The van der Waals surface area contributed by atoms with Gasteiger partial charge in [0.2, 0.25) is 5.91 Å². The summed E-state index contributed by atoms with van der Waals surface area (Å²) in [4.78, 5) is 13.8. The van der Waals surface area contributed by atoms with Crippen molar-refractivity contribution < 1.29 is 9.53 Å². The third kappa shape index (κ3) is 4.26. The van der Waals surface area contributed by atoms with E-state index >= 15 is 0 Å². The van der Waals surface area contributed by atoms with Crippen molar-refractivity contribution in [3.05, 3.63) is 48.1 Å². The molecule has 106 valence electrons. The second kappa shape index (κ2) is 7.53. The Morgan fingerprint density at radius 2 is 1.80 bits per heavy atom. The molecule has 1 aliphatic heterocycles. The zero-order valence-corrected chi connectivity index (χ0v) is 11.9. The fourth-order valence-electron chi connectivity index (χ4n) is 2.24. The molecule has 0 radical (unpaired) electrons. The molecule has 1 amide bonds. The number of amides is 1. The molecular formula is C17H21NO2. The Balaban J connectivity index is 1.84. The van der Waals surface area contributed by atoms with Crippen LogP contribution in [-0.2, 0) is 4.79 Å². The van der Waals surface area contributed by atoms with E-state index in [4.69, 9.17) is 4.74 Å². The first kappa shape index (κ1) is 14.4. The van der Waals surface area contributed by atoms with Crippen LogP contribution in [0.1, 0.15) is 24.8 Å². The van der Waals surface area contributed by atoms with Gasteiger partial charge < -0.3 is 9.64 Å².